The Bertz CT molecular complexity index is 1440. The van der Waals surface area contributed by atoms with E-state index in [1.54, 1.807) is 48.5 Å². The van der Waals surface area contributed by atoms with Gasteiger partial charge in [0.2, 0.25) is 15.6 Å². The number of nitrogens with two attached hydrogens (primary N) is 1. The molecule has 5 nitrogen and oxygen atoms in total. The van der Waals surface area contributed by atoms with Crippen molar-refractivity contribution in [2.75, 3.05) is 11.1 Å². The number of nitrogen functional groups attached to an aromatic ring is 1. The Morgan fingerprint density at radius 2 is 1.55 bits per heavy atom. The van der Waals surface area contributed by atoms with Crippen LogP contribution in [0.1, 0.15) is 31.9 Å². The second-order valence-corrected chi connectivity index (χ2v) is 10.8. The van der Waals surface area contributed by atoms with Crippen molar-refractivity contribution in [3.05, 3.63) is 99.9 Å². The number of hydrogen-bond donors (Lipinski definition) is 2. The monoisotopic (exact) mass is 476 g/mol. The summed E-state index contributed by atoms with van der Waals surface area (Å²) >= 11 is 1.06. The Morgan fingerprint density at radius 3 is 2.21 bits per heavy atom. The molecule has 4 aromatic rings. The molecule has 0 saturated carbocycles. The summed E-state index contributed by atoms with van der Waals surface area (Å²) in [6, 6.07) is 21.1. The van der Waals surface area contributed by atoms with Crippen molar-refractivity contribution in [3.8, 4) is 0 Å². The molecule has 0 amide bonds. The lowest BCUT2D eigenvalue weighted by Crippen LogP contribution is -2.08. The van der Waals surface area contributed by atoms with Gasteiger partial charge < -0.3 is 11.1 Å². The first kappa shape index (κ1) is 22.8. The summed E-state index contributed by atoms with van der Waals surface area (Å²) in [6.45, 7) is 5.83. The largest absolute Gasteiger partial charge is 0.396 e. The Hall–Kier alpha value is -3.42. The zero-order valence-electron chi connectivity index (χ0n) is 18.5. The van der Waals surface area contributed by atoms with Crippen molar-refractivity contribution >= 4 is 43.3 Å². The van der Waals surface area contributed by atoms with Crippen LogP contribution >= 0.6 is 11.3 Å². The Labute approximate surface area is 197 Å². The number of hydrogen-bond acceptors (Lipinski definition) is 6. The molecule has 0 aliphatic heterocycles. The smallest absolute Gasteiger partial charge is 0.211 e. The highest BCUT2D eigenvalue weighted by Gasteiger charge is 2.31. The summed E-state index contributed by atoms with van der Waals surface area (Å²) in [4.78, 5) is 13.5. The third kappa shape index (κ3) is 4.29. The second-order valence-electron chi connectivity index (χ2n) is 7.89. The standard InChI is InChI=1S/C26H24N2O3S2/c1-16-12-14-20(15-13-16)33(30,31)25-22(27)24(23(29)19-9-5-4-6-10-19)32-26(25)28-21-11-7-8-17(2)18(21)3/h4-15,28H,27H2,1-3H3. The van der Waals surface area contributed by atoms with Gasteiger partial charge in [0.25, 0.3) is 0 Å². The summed E-state index contributed by atoms with van der Waals surface area (Å²) in [6.07, 6.45) is 0. The predicted octanol–water partition coefficient (Wildman–Crippen LogP) is 6.06. The van der Waals surface area contributed by atoms with E-state index in [0.29, 0.717) is 10.6 Å². The van der Waals surface area contributed by atoms with Gasteiger partial charge in [-0.25, -0.2) is 8.42 Å². The van der Waals surface area contributed by atoms with Crippen molar-refractivity contribution < 1.29 is 13.2 Å². The maximum Gasteiger partial charge on any atom is 0.211 e. The fraction of sp³-hybridized carbons (Fsp3) is 0.115. The predicted molar refractivity (Wildman–Crippen MR) is 134 cm³/mol. The van der Waals surface area contributed by atoms with E-state index >= 15 is 0 Å². The minimum atomic E-state index is -3.98. The number of benzene rings is 3. The van der Waals surface area contributed by atoms with Gasteiger partial charge in [-0.05, 0) is 50.1 Å². The SMILES string of the molecule is Cc1ccc(S(=O)(=O)c2c(Nc3cccc(C)c3C)sc(C(=O)c3ccccc3)c2N)cc1. The van der Waals surface area contributed by atoms with Crippen LogP contribution in [0.15, 0.2) is 82.6 Å². The maximum atomic E-state index is 13.7. The lowest BCUT2D eigenvalue weighted by molar-refractivity contribution is 0.104. The fourth-order valence-corrected chi connectivity index (χ4v) is 6.44. The van der Waals surface area contributed by atoms with Crippen LogP contribution in [0.3, 0.4) is 0 Å². The molecule has 0 aliphatic carbocycles. The van der Waals surface area contributed by atoms with Gasteiger partial charge in [0.1, 0.15) is 14.8 Å². The highest BCUT2D eigenvalue weighted by molar-refractivity contribution is 7.92. The molecule has 1 aromatic heterocycles. The van der Waals surface area contributed by atoms with Gasteiger partial charge in [-0.2, -0.15) is 0 Å². The number of ketones is 1. The van der Waals surface area contributed by atoms with Crippen LogP contribution in [0.5, 0.6) is 0 Å². The molecule has 0 bridgehead atoms. The van der Waals surface area contributed by atoms with Crippen LogP contribution in [-0.2, 0) is 9.84 Å². The molecular weight excluding hydrogens is 452 g/mol. The number of rotatable bonds is 6. The lowest BCUT2D eigenvalue weighted by atomic mass is 10.1. The summed E-state index contributed by atoms with van der Waals surface area (Å²) in [5.74, 6) is -0.313. The van der Waals surface area contributed by atoms with Crippen molar-refractivity contribution in [2.45, 2.75) is 30.6 Å². The van der Waals surface area contributed by atoms with E-state index in [2.05, 4.69) is 5.32 Å². The molecule has 0 aliphatic rings. The number of aryl methyl sites for hydroxylation is 2. The number of nitrogens with one attached hydrogen (secondary N) is 1. The second kappa shape index (κ2) is 8.84. The number of sulfone groups is 1. The van der Waals surface area contributed by atoms with Gasteiger partial charge in [0.05, 0.1) is 10.6 Å². The molecule has 33 heavy (non-hydrogen) atoms. The van der Waals surface area contributed by atoms with E-state index in [-0.39, 0.29) is 26.1 Å². The van der Waals surface area contributed by atoms with Crippen molar-refractivity contribution in [1.82, 2.24) is 0 Å². The maximum absolute atomic E-state index is 13.7. The molecule has 4 rings (SSSR count). The fourth-order valence-electron chi connectivity index (χ4n) is 3.51. The van der Waals surface area contributed by atoms with Crippen molar-refractivity contribution in [3.63, 3.8) is 0 Å². The first-order chi connectivity index (χ1) is 15.7. The summed E-state index contributed by atoms with van der Waals surface area (Å²) < 4.78 is 27.4. The van der Waals surface area contributed by atoms with Gasteiger partial charge in [0.15, 0.2) is 0 Å². The van der Waals surface area contributed by atoms with E-state index in [1.807, 2.05) is 45.0 Å². The van der Waals surface area contributed by atoms with Crippen LogP contribution in [0.2, 0.25) is 0 Å². The van der Waals surface area contributed by atoms with Crippen LogP contribution in [0, 0.1) is 20.8 Å². The number of anilines is 3. The van der Waals surface area contributed by atoms with E-state index in [0.717, 1.165) is 33.7 Å². The average Bonchev–Trinajstić information content (AvgIpc) is 3.13. The van der Waals surface area contributed by atoms with E-state index in [9.17, 15) is 13.2 Å². The number of carbonyl (C=O) groups is 1. The highest BCUT2D eigenvalue weighted by Crippen LogP contribution is 2.44. The topological polar surface area (TPSA) is 89.3 Å². The van der Waals surface area contributed by atoms with E-state index < -0.39 is 9.84 Å². The molecule has 0 spiro atoms. The molecule has 3 N–H and O–H groups in total. The van der Waals surface area contributed by atoms with E-state index in [4.69, 9.17) is 5.73 Å². The molecule has 0 unspecified atom stereocenters. The Kier molecular flexibility index (Phi) is 6.10. The first-order valence-electron chi connectivity index (χ1n) is 10.4. The van der Waals surface area contributed by atoms with Gasteiger partial charge in [-0.1, -0.05) is 60.2 Å². The normalized spacial score (nSPS) is 11.4. The van der Waals surface area contributed by atoms with Gasteiger partial charge >= 0.3 is 0 Å². The zero-order chi connectivity index (χ0) is 23.8. The molecule has 7 heteroatoms. The Morgan fingerprint density at radius 1 is 0.879 bits per heavy atom. The van der Waals surface area contributed by atoms with Crippen LogP contribution < -0.4 is 11.1 Å². The van der Waals surface area contributed by atoms with Crippen LogP contribution in [0.25, 0.3) is 0 Å². The molecule has 3 aromatic carbocycles. The summed E-state index contributed by atoms with van der Waals surface area (Å²) in [5, 5.41) is 3.56. The Balaban J connectivity index is 1.91. The first-order valence-corrected chi connectivity index (χ1v) is 12.7. The van der Waals surface area contributed by atoms with Gasteiger partial charge in [-0.3, -0.25) is 4.79 Å². The third-order valence-electron chi connectivity index (χ3n) is 5.59. The summed E-state index contributed by atoms with van der Waals surface area (Å²) in [7, 11) is -3.98. The third-order valence-corrected chi connectivity index (χ3v) is 8.70. The molecule has 168 valence electrons. The summed E-state index contributed by atoms with van der Waals surface area (Å²) in [5.41, 5.74) is 10.5. The minimum absolute atomic E-state index is 0.0396. The minimum Gasteiger partial charge on any atom is -0.396 e. The average molecular weight is 477 g/mol. The molecule has 1 heterocycles. The molecule has 0 saturated heterocycles. The molecular formula is C26H24N2O3S2. The quantitative estimate of drug-likeness (QED) is 0.330. The molecule has 0 fully saturated rings. The zero-order valence-corrected chi connectivity index (χ0v) is 20.2. The van der Waals surface area contributed by atoms with E-state index in [1.165, 1.54) is 0 Å². The number of carbonyl (C=O) groups excluding carboxylic acids is 1. The number of thiophene rings is 1. The van der Waals surface area contributed by atoms with Crippen molar-refractivity contribution in [2.24, 2.45) is 0 Å². The van der Waals surface area contributed by atoms with Gasteiger partial charge in [-0.15, -0.1) is 11.3 Å². The molecule has 0 radical (unpaired) electrons. The van der Waals surface area contributed by atoms with Crippen LogP contribution in [-0.4, -0.2) is 14.2 Å². The lowest BCUT2D eigenvalue weighted by Gasteiger charge is -2.13. The molecule has 0 atom stereocenters. The van der Waals surface area contributed by atoms with Gasteiger partial charge in [0, 0.05) is 11.3 Å². The highest BCUT2D eigenvalue weighted by atomic mass is 32.2. The van der Waals surface area contributed by atoms with Crippen molar-refractivity contribution in [1.29, 1.82) is 0 Å². The van der Waals surface area contributed by atoms with Crippen LogP contribution in [0.4, 0.5) is 16.4 Å².